The van der Waals surface area contributed by atoms with Crippen LogP contribution in [0.2, 0.25) is 0 Å². The molecule has 1 aliphatic rings. The summed E-state index contributed by atoms with van der Waals surface area (Å²) in [4.78, 5) is 9.59. The fraction of sp³-hybridized carbons (Fsp3) is 0.524. The lowest BCUT2D eigenvalue weighted by molar-refractivity contribution is 0.171. The minimum atomic E-state index is 0. The van der Waals surface area contributed by atoms with Gasteiger partial charge in [0.2, 0.25) is 0 Å². The van der Waals surface area contributed by atoms with Crippen LogP contribution in [-0.2, 0) is 20.1 Å². The number of ether oxygens (including phenoxy) is 2. The molecule has 2 heterocycles. The Labute approximate surface area is 196 Å². The molecule has 0 aliphatic carbocycles. The highest BCUT2D eigenvalue weighted by Crippen LogP contribution is 2.25. The fourth-order valence-corrected chi connectivity index (χ4v) is 3.50. The maximum atomic E-state index is 5.53. The monoisotopic (exact) mass is 528 g/mol. The van der Waals surface area contributed by atoms with E-state index >= 15 is 0 Å². The van der Waals surface area contributed by atoms with E-state index in [1.54, 1.807) is 14.2 Å². The number of hydrogen-bond donors (Lipinski definition) is 1. The number of benzene rings is 1. The molecule has 0 bridgehead atoms. The second-order valence-corrected chi connectivity index (χ2v) is 7.06. The Bertz CT molecular complexity index is 818. The van der Waals surface area contributed by atoms with Gasteiger partial charge in [0.05, 0.1) is 26.5 Å². The lowest BCUT2D eigenvalue weighted by Gasteiger charge is -2.36. The average molecular weight is 528 g/mol. The number of aliphatic imine (C=N–C) groups is 1. The third kappa shape index (κ3) is 6.24. The van der Waals surface area contributed by atoms with Crippen LogP contribution in [0, 0.1) is 0 Å². The molecule has 30 heavy (non-hydrogen) atoms. The standard InChI is InChI=1S/C21H32N6O2.HI/c1-5-22-21(23-15-18-8-9-24-25(18)2)27-12-10-26(11-13-27)16-17-14-19(28-3)6-7-20(17)29-4;/h6-9,14H,5,10-13,15-16H2,1-4H3,(H,22,23);1H. The Morgan fingerprint density at radius 2 is 1.90 bits per heavy atom. The summed E-state index contributed by atoms with van der Waals surface area (Å²) >= 11 is 0. The van der Waals surface area contributed by atoms with Gasteiger partial charge in [0.1, 0.15) is 11.5 Å². The largest absolute Gasteiger partial charge is 0.497 e. The Kier molecular flexibility index (Phi) is 9.70. The van der Waals surface area contributed by atoms with Crippen LogP contribution in [0.5, 0.6) is 11.5 Å². The smallest absolute Gasteiger partial charge is 0.194 e. The zero-order valence-electron chi connectivity index (χ0n) is 18.3. The number of aromatic nitrogens is 2. The minimum absolute atomic E-state index is 0. The summed E-state index contributed by atoms with van der Waals surface area (Å²) < 4.78 is 12.8. The first-order chi connectivity index (χ1) is 14.1. The fourth-order valence-electron chi connectivity index (χ4n) is 3.50. The molecule has 0 saturated carbocycles. The number of piperazine rings is 1. The van der Waals surface area contributed by atoms with Crippen molar-refractivity contribution >= 4 is 29.9 Å². The van der Waals surface area contributed by atoms with Crippen molar-refractivity contribution in [1.82, 2.24) is 24.9 Å². The third-order valence-electron chi connectivity index (χ3n) is 5.20. The molecule has 3 rings (SSSR count). The van der Waals surface area contributed by atoms with Gasteiger partial charge in [-0.1, -0.05) is 0 Å². The van der Waals surface area contributed by atoms with Crippen LogP contribution >= 0.6 is 24.0 Å². The maximum Gasteiger partial charge on any atom is 0.194 e. The number of methoxy groups -OCH3 is 2. The summed E-state index contributed by atoms with van der Waals surface area (Å²) in [7, 11) is 5.35. The number of hydrogen-bond acceptors (Lipinski definition) is 5. The van der Waals surface area contributed by atoms with Gasteiger partial charge in [-0.25, -0.2) is 4.99 Å². The zero-order valence-corrected chi connectivity index (χ0v) is 20.6. The van der Waals surface area contributed by atoms with E-state index in [1.165, 1.54) is 0 Å². The number of aryl methyl sites for hydroxylation is 1. The Morgan fingerprint density at radius 3 is 2.50 bits per heavy atom. The predicted octanol–water partition coefficient (Wildman–Crippen LogP) is 2.34. The van der Waals surface area contributed by atoms with Crippen molar-refractivity contribution in [3.8, 4) is 11.5 Å². The van der Waals surface area contributed by atoms with E-state index in [9.17, 15) is 0 Å². The molecule has 8 nitrogen and oxygen atoms in total. The number of halogens is 1. The molecule has 1 fully saturated rings. The van der Waals surface area contributed by atoms with Crippen molar-refractivity contribution in [3.05, 3.63) is 41.7 Å². The van der Waals surface area contributed by atoms with Crippen LogP contribution in [0.15, 0.2) is 35.5 Å². The van der Waals surface area contributed by atoms with Gasteiger partial charge in [0.25, 0.3) is 0 Å². The van der Waals surface area contributed by atoms with E-state index in [4.69, 9.17) is 14.5 Å². The molecule has 9 heteroatoms. The summed E-state index contributed by atoms with van der Waals surface area (Å²) in [5, 5.41) is 7.64. The number of nitrogens with zero attached hydrogens (tertiary/aromatic N) is 5. The molecule has 1 aromatic carbocycles. The van der Waals surface area contributed by atoms with Crippen molar-refractivity contribution < 1.29 is 9.47 Å². The van der Waals surface area contributed by atoms with Crippen LogP contribution in [0.3, 0.4) is 0 Å². The number of guanidine groups is 1. The van der Waals surface area contributed by atoms with Crippen LogP contribution in [0.25, 0.3) is 0 Å². The van der Waals surface area contributed by atoms with Gasteiger partial charge in [0, 0.05) is 58.1 Å². The molecule has 0 amide bonds. The van der Waals surface area contributed by atoms with Crippen LogP contribution in [0.1, 0.15) is 18.2 Å². The SMILES string of the molecule is CCNC(=NCc1ccnn1C)N1CCN(Cc2cc(OC)ccc2OC)CC1.I. The van der Waals surface area contributed by atoms with Gasteiger partial charge in [-0.15, -0.1) is 24.0 Å². The van der Waals surface area contributed by atoms with Crippen molar-refractivity contribution in [2.24, 2.45) is 12.0 Å². The molecule has 1 saturated heterocycles. The Morgan fingerprint density at radius 1 is 1.13 bits per heavy atom. The lowest BCUT2D eigenvalue weighted by Crippen LogP contribution is -2.52. The van der Waals surface area contributed by atoms with Crippen LogP contribution in [0.4, 0.5) is 0 Å². The second kappa shape index (κ2) is 12.0. The number of rotatable bonds is 7. The minimum Gasteiger partial charge on any atom is -0.497 e. The van der Waals surface area contributed by atoms with E-state index in [0.29, 0.717) is 6.54 Å². The normalized spacial score (nSPS) is 14.9. The van der Waals surface area contributed by atoms with Crippen molar-refractivity contribution in [3.63, 3.8) is 0 Å². The Hall–Kier alpha value is -2.01. The molecular weight excluding hydrogens is 495 g/mol. The van der Waals surface area contributed by atoms with Crippen LogP contribution in [-0.4, -0.2) is 72.5 Å². The predicted molar refractivity (Wildman–Crippen MR) is 130 cm³/mol. The van der Waals surface area contributed by atoms with Gasteiger partial charge in [-0.05, 0) is 31.2 Å². The highest BCUT2D eigenvalue weighted by Gasteiger charge is 2.21. The van der Waals surface area contributed by atoms with Gasteiger partial charge >= 0.3 is 0 Å². The van der Waals surface area contributed by atoms with Gasteiger partial charge < -0.3 is 19.7 Å². The zero-order chi connectivity index (χ0) is 20.6. The summed E-state index contributed by atoms with van der Waals surface area (Å²) in [5.41, 5.74) is 2.25. The first kappa shape index (κ1) is 24.3. The molecule has 0 unspecified atom stereocenters. The second-order valence-electron chi connectivity index (χ2n) is 7.06. The summed E-state index contributed by atoms with van der Waals surface area (Å²) in [6.07, 6.45) is 1.81. The highest BCUT2D eigenvalue weighted by atomic mass is 127. The Balaban J connectivity index is 0.00000320. The number of nitrogens with one attached hydrogen (secondary N) is 1. The molecular formula is C21H33IN6O2. The lowest BCUT2D eigenvalue weighted by atomic mass is 10.1. The summed E-state index contributed by atoms with van der Waals surface area (Å²) in [6, 6.07) is 7.97. The van der Waals surface area contributed by atoms with E-state index < -0.39 is 0 Å². The summed E-state index contributed by atoms with van der Waals surface area (Å²) in [5.74, 6) is 2.72. The third-order valence-corrected chi connectivity index (χ3v) is 5.20. The molecule has 166 valence electrons. The molecule has 2 aromatic rings. The summed E-state index contributed by atoms with van der Waals surface area (Å²) in [6.45, 7) is 8.23. The van der Waals surface area contributed by atoms with Crippen molar-refractivity contribution in [1.29, 1.82) is 0 Å². The molecule has 1 aliphatic heterocycles. The molecule has 1 aromatic heterocycles. The topological polar surface area (TPSA) is 67.2 Å². The van der Waals surface area contributed by atoms with E-state index in [0.717, 1.165) is 68.0 Å². The first-order valence-corrected chi connectivity index (χ1v) is 10.1. The average Bonchev–Trinajstić information content (AvgIpc) is 3.16. The molecule has 0 atom stereocenters. The van der Waals surface area contributed by atoms with E-state index in [1.807, 2.05) is 36.1 Å². The van der Waals surface area contributed by atoms with Crippen molar-refractivity contribution in [2.45, 2.75) is 20.0 Å². The van der Waals surface area contributed by atoms with Gasteiger partial charge in [-0.3, -0.25) is 9.58 Å². The van der Waals surface area contributed by atoms with Crippen molar-refractivity contribution in [2.75, 3.05) is 46.9 Å². The van der Waals surface area contributed by atoms with Crippen LogP contribution < -0.4 is 14.8 Å². The maximum absolute atomic E-state index is 5.53. The molecule has 1 N–H and O–H groups in total. The quantitative estimate of drug-likeness (QED) is 0.338. The van der Waals surface area contributed by atoms with Gasteiger partial charge in [0.15, 0.2) is 5.96 Å². The van der Waals surface area contributed by atoms with E-state index in [-0.39, 0.29) is 24.0 Å². The molecule has 0 radical (unpaired) electrons. The first-order valence-electron chi connectivity index (χ1n) is 10.1. The van der Waals surface area contributed by atoms with E-state index in [2.05, 4.69) is 33.2 Å². The highest BCUT2D eigenvalue weighted by molar-refractivity contribution is 14.0. The molecule has 0 spiro atoms. The van der Waals surface area contributed by atoms with Gasteiger partial charge in [-0.2, -0.15) is 5.10 Å².